The molecule has 1 aromatic carbocycles. The van der Waals surface area contributed by atoms with Crippen LogP contribution in [0.2, 0.25) is 10.0 Å². The zero-order valence-corrected chi connectivity index (χ0v) is 14.7. The Hall–Kier alpha value is -0.330. The summed E-state index contributed by atoms with van der Waals surface area (Å²) in [6, 6.07) is 3.10. The molecule has 1 N–H and O–H groups in total. The molecule has 1 aliphatic carbocycles. The van der Waals surface area contributed by atoms with E-state index in [2.05, 4.69) is 12.2 Å². The van der Waals surface area contributed by atoms with Crippen LogP contribution in [0, 0.1) is 11.8 Å². The fraction of sp³-hybridized carbons (Fsp3) is 0.571. The first-order chi connectivity index (χ1) is 9.77. The number of rotatable bonds is 6. The number of nitrogens with one attached hydrogen (secondary N) is 1. The molecule has 0 saturated heterocycles. The molecule has 0 bridgehead atoms. The molecular formula is C14H20Cl2N2O2S. The summed E-state index contributed by atoms with van der Waals surface area (Å²) >= 11 is 12.3. The quantitative estimate of drug-likeness (QED) is 0.857. The maximum Gasteiger partial charge on any atom is 0.244 e. The predicted molar refractivity (Wildman–Crippen MR) is 86.3 cm³/mol. The van der Waals surface area contributed by atoms with Gasteiger partial charge in [0.2, 0.25) is 10.0 Å². The Bertz CT molecular complexity index is 634. The Morgan fingerprint density at radius 2 is 2.00 bits per heavy atom. The van der Waals surface area contributed by atoms with Crippen molar-refractivity contribution in [3.8, 4) is 0 Å². The minimum atomic E-state index is -3.62. The lowest BCUT2D eigenvalue weighted by Crippen LogP contribution is -2.29. The van der Waals surface area contributed by atoms with Crippen LogP contribution in [0.3, 0.4) is 0 Å². The molecule has 0 aromatic heterocycles. The minimum absolute atomic E-state index is 0.0812. The molecule has 0 spiro atoms. The normalized spacial score (nSPS) is 21.8. The van der Waals surface area contributed by atoms with E-state index in [4.69, 9.17) is 23.2 Å². The van der Waals surface area contributed by atoms with Gasteiger partial charge in [-0.1, -0.05) is 30.1 Å². The molecule has 0 radical (unpaired) electrons. The lowest BCUT2D eigenvalue weighted by atomic mass is 10.2. The highest BCUT2D eigenvalue weighted by atomic mass is 35.5. The molecule has 0 aliphatic heterocycles. The molecule has 2 rings (SSSR count). The van der Waals surface area contributed by atoms with Crippen LogP contribution in [0.1, 0.15) is 18.9 Å². The molecule has 1 aliphatic rings. The highest BCUT2D eigenvalue weighted by molar-refractivity contribution is 7.89. The fourth-order valence-corrected chi connectivity index (χ4v) is 4.51. The second kappa shape index (κ2) is 6.42. The SMILES string of the molecule is CNCc1cc(Cl)cc(S(=O)(=O)N(C)CC2CC2C)c1Cl. The highest BCUT2D eigenvalue weighted by Gasteiger charge is 2.36. The molecular weight excluding hydrogens is 331 g/mol. The summed E-state index contributed by atoms with van der Waals surface area (Å²) in [6.45, 7) is 3.11. The summed E-state index contributed by atoms with van der Waals surface area (Å²) in [4.78, 5) is 0.0812. The Morgan fingerprint density at radius 3 is 2.52 bits per heavy atom. The van der Waals surface area contributed by atoms with Crippen molar-refractivity contribution in [2.75, 3.05) is 20.6 Å². The van der Waals surface area contributed by atoms with E-state index >= 15 is 0 Å². The van der Waals surface area contributed by atoms with Crippen LogP contribution in [0.4, 0.5) is 0 Å². The molecule has 2 atom stereocenters. The van der Waals surface area contributed by atoms with E-state index in [0.29, 0.717) is 35.5 Å². The van der Waals surface area contributed by atoms with Gasteiger partial charge in [0, 0.05) is 25.2 Å². The average Bonchev–Trinajstić information content (AvgIpc) is 3.09. The molecule has 118 valence electrons. The van der Waals surface area contributed by atoms with Crippen LogP contribution >= 0.6 is 23.2 Å². The second-order valence-electron chi connectivity index (χ2n) is 5.67. The Labute approximate surface area is 136 Å². The molecule has 0 amide bonds. The standard InChI is InChI=1S/C14H20Cl2N2O2S/c1-9-4-11(9)8-18(3)21(19,20)13-6-12(15)5-10(7-17-2)14(13)16/h5-6,9,11,17H,4,7-8H2,1-3H3. The van der Waals surface area contributed by atoms with E-state index in [9.17, 15) is 8.42 Å². The number of hydrogen-bond donors (Lipinski definition) is 1. The van der Waals surface area contributed by atoms with Gasteiger partial charge in [-0.05, 0) is 43.0 Å². The topological polar surface area (TPSA) is 49.4 Å². The maximum atomic E-state index is 12.7. The van der Waals surface area contributed by atoms with Gasteiger partial charge in [-0.25, -0.2) is 12.7 Å². The van der Waals surface area contributed by atoms with Gasteiger partial charge >= 0.3 is 0 Å². The molecule has 1 saturated carbocycles. The van der Waals surface area contributed by atoms with Gasteiger partial charge in [0.05, 0.1) is 5.02 Å². The summed E-state index contributed by atoms with van der Waals surface area (Å²) < 4.78 is 26.8. The van der Waals surface area contributed by atoms with Gasteiger partial charge in [0.15, 0.2) is 0 Å². The van der Waals surface area contributed by atoms with Crippen LogP contribution in [-0.4, -0.2) is 33.4 Å². The summed E-state index contributed by atoms with van der Waals surface area (Å²) in [6.07, 6.45) is 1.08. The molecule has 4 nitrogen and oxygen atoms in total. The van der Waals surface area contributed by atoms with Crippen LogP contribution in [0.5, 0.6) is 0 Å². The van der Waals surface area contributed by atoms with Crippen LogP contribution in [0.15, 0.2) is 17.0 Å². The first-order valence-electron chi connectivity index (χ1n) is 6.86. The molecule has 2 unspecified atom stereocenters. The second-order valence-corrected chi connectivity index (χ2v) is 8.49. The van der Waals surface area contributed by atoms with Gasteiger partial charge in [0.1, 0.15) is 4.90 Å². The molecule has 1 fully saturated rings. The average molecular weight is 351 g/mol. The summed E-state index contributed by atoms with van der Waals surface area (Å²) in [7, 11) is -0.260. The van der Waals surface area contributed by atoms with Gasteiger partial charge in [-0.2, -0.15) is 0 Å². The van der Waals surface area contributed by atoms with E-state index in [1.165, 1.54) is 10.4 Å². The summed E-state index contributed by atoms with van der Waals surface area (Å²) in [5, 5.41) is 3.57. The van der Waals surface area contributed by atoms with Crippen molar-refractivity contribution in [2.45, 2.75) is 24.8 Å². The number of halogens is 2. The Morgan fingerprint density at radius 1 is 1.38 bits per heavy atom. The van der Waals surface area contributed by atoms with E-state index in [1.807, 2.05) is 0 Å². The van der Waals surface area contributed by atoms with Crippen molar-refractivity contribution >= 4 is 33.2 Å². The number of hydrogen-bond acceptors (Lipinski definition) is 3. The number of benzene rings is 1. The lowest BCUT2D eigenvalue weighted by molar-refractivity contribution is 0.444. The zero-order valence-electron chi connectivity index (χ0n) is 12.4. The van der Waals surface area contributed by atoms with Crippen molar-refractivity contribution in [3.05, 3.63) is 27.7 Å². The highest BCUT2D eigenvalue weighted by Crippen LogP contribution is 2.39. The Kier molecular flexibility index (Phi) is 5.21. The van der Waals surface area contributed by atoms with Crippen molar-refractivity contribution in [2.24, 2.45) is 11.8 Å². The van der Waals surface area contributed by atoms with Crippen LogP contribution in [-0.2, 0) is 16.6 Å². The molecule has 1 aromatic rings. The first kappa shape index (κ1) is 17.0. The van der Waals surface area contributed by atoms with Crippen LogP contribution in [0.25, 0.3) is 0 Å². The van der Waals surface area contributed by atoms with Gasteiger partial charge < -0.3 is 5.32 Å². The van der Waals surface area contributed by atoms with E-state index in [-0.39, 0.29) is 9.92 Å². The van der Waals surface area contributed by atoms with E-state index in [1.54, 1.807) is 20.2 Å². The van der Waals surface area contributed by atoms with E-state index in [0.717, 1.165) is 6.42 Å². The van der Waals surface area contributed by atoms with Gasteiger partial charge in [-0.3, -0.25) is 0 Å². The molecule has 0 heterocycles. The smallest absolute Gasteiger partial charge is 0.244 e. The monoisotopic (exact) mass is 350 g/mol. The summed E-state index contributed by atoms with van der Waals surface area (Å²) in [5.74, 6) is 1.04. The molecule has 7 heteroatoms. The van der Waals surface area contributed by atoms with Crippen molar-refractivity contribution in [1.29, 1.82) is 0 Å². The third-order valence-corrected chi connectivity index (χ3v) is 6.53. The van der Waals surface area contributed by atoms with Crippen molar-refractivity contribution in [1.82, 2.24) is 9.62 Å². The van der Waals surface area contributed by atoms with Gasteiger partial charge in [-0.15, -0.1) is 0 Å². The van der Waals surface area contributed by atoms with E-state index < -0.39 is 10.0 Å². The number of sulfonamides is 1. The van der Waals surface area contributed by atoms with Gasteiger partial charge in [0.25, 0.3) is 0 Å². The third-order valence-electron chi connectivity index (χ3n) is 3.90. The van der Waals surface area contributed by atoms with Crippen LogP contribution < -0.4 is 5.32 Å². The molecule has 21 heavy (non-hydrogen) atoms. The predicted octanol–water partition coefficient (Wildman–Crippen LogP) is 2.99. The summed E-state index contributed by atoms with van der Waals surface area (Å²) in [5.41, 5.74) is 0.679. The lowest BCUT2D eigenvalue weighted by Gasteiger charge is -2.19. The first-order valence-corrected chi connectivity index (χ1v) is 9.05. The fourth-order valence-electron chi connectivity index (χ4n) is 2.37. The largest absolute Gasteiger partial charge is 0.316 e. The van der Waals surface area contributed by atoms with Crippen molar-refractivity contribution in [3.63, 3.8) is 0 Å². The maximum absolute atomic E-state index is 12.7. The third kappa shape index (κ3) is 3.71. The Balaban J connectivity index is 2.34. The number of nitrogens with zero attached hydrogens (tertiary/aromatic N) is 1. The minimum Gasteiger partial charge on any atom is -0.316 e. The van der Waals surface area contributed by atoms with Crippen molar-refractivity contribution < 1.29 is 8.42 Å². The zero-order chi connectivity index (χ0) is 15.8.